The first-order chi connectivity index (χ1) is 7.79. The molecule has 1 rings (SSSR count). The first kappa shape index (κ1) is 13.5. The SMILES string of the molecule is CC(Br)CCCOCC=Cc1ccccc1. The molecule has 1 aromatic rings. The van der Waals surface area contributed by atoms with Crippen molar-refractivity contribution < 1.29 is 4.74 Å². The molecule has 0 radical (unpaired) electrons. The molecule has 1 atom stereocenters. The number of hydrogen-bond acceptors (Lipinski definition) is 1. The lowest BCUT2D eigenvalue weighted by molar-refractivity contribution is 0.158. The third-order valence-corrected chi connectivity index (χ3v) is 2.67. The van der Waals surface area contributed by atoms with Crippen LogP contribution in [0.1, 0.15) is 25.3 Å². The summed E-state index contributed by atoms with van der Waals surface area (Å²) in [5.41, 5.74) is 1.22. The summed E-state index contributed by atoms with van der Waals surface area (Å²) < 4.78 is 5.50. The molecule has 0 heterocycles. The first-order valence-electron chi connectivity index (χ1n) is 5.72. The molecule has 0 saturated heterocycles. The summed E-state index contributed by atoms with van der Waals surface area (Å²) in [5.74, 6) is 0. The summed E-state index contributed by atoms with van der Waals surface area (Å²) in [7, 11) is 0. The molecule has 0 aromatic heterocycles. The number of hydrogen-bond donors (Lipinski definition) is 0. The number of benzene rings is 1. The zero-order chi connectivity index (χ0) is 11.6. The van der Waals surface area contributed by atoms with Crippen LogP contribution in [0, 0.1) is 0 Å². The van der Waals surface area contributed by atoms with E-state index in [1.165, 1.54) is 12.0 Å². The molecule has 0 aliphatic carbocycles. The second-order valence-corrected chi connectivity index (χ2v) is 5.37. The number of halogens is 1. The van der Waals surface area contributed by atoms with E-state index in [9.17, 15) is 0 Å². The minimum atomic E-state index is 0.593. The minimum absolute atomic E-state index is 0.593. The van der Waals surface area contributed by atoms with Crippen molar-refractivity contribution in [3.8, 4) is 0 Å². The van der Waals surface area contributed by atoms with Crippen molar-refractivity contribution in [3.05, 3.63) is 42.0 Å². The summed E-state index contributed by atoms with van der Waals surface area (Å²) in [6, 6.07) is 10.3. The highest BCUT2D eigenvalue weighted by Gasteiger charge is 1.94. The number of rotatable bonds is 7. The lowest BCUT2D eigenvalue weighted by Gasteiger charge is -2.02. The van der Waals surface area contributed by atoms with Gasteiger partial charge in [0.25, 0.3) is 0 Å². The van der Waals surface area contributed by atoms with E-state index in [1.54, 1.807) is 0 Å². The highest BCUT2D eigenvalue weighted by molar-refractivity contribution is 9.09. The van der Waals surface area contributed by atoms with Crippen LogP contribution in [-0.2, 0) is 4.74 Å². The van der Waals surface area contributed by atoms with Crippen LogP contribution in [0.2, 0.25) is 0 Å². The van der Waals surface area contributed by atoms with E-state index in [-0.39, 0.29) is 0 Å². The van der Waals surface area contributed by atoms with Gasteiger partial charge >= 0.3 is 0 Å². The molecule has 0 aliphatic heterocycles. The zero-order valence-electron chi connectivity index (χ0n) is 9.73. The van der Waals surface area contributed by atoms with E-state index in [2.05, 4.69) is 47.1 Å². The standard InChI is InChI=1S/C14H19BrO/c1-13(15)7-5-11-16-12-6-10-14-8-3-2-4-9-14/h2-4,6,8-10,13H,5,7,11-12H2,1H3. The fourth-order valence-corrected chi connectivity index (χ4v) is 1.69. The smallest absolute Gasteiger partial charge is 0.0650 e. The van der Waals surface area contributed by atoms with Crippen molar-refractivity contribution >= 4 is 22.0 Å². The summed E-state index contributed by atoms with van der Waals surface area (Å²) in [5, 5.41) is 0. The van der Waals surface area contributed by atoms with Crippen molar-refractivity contribution in [2.75, 3.05) is 13.2 Å². The topological polar surface area (TPSA) is 9.23 Å². The van der Waals surface area contributed by atoms with Gasteiger partial charge in [-0.1, -0.05) is 65.3 Å². The molecule has 0 amide bonds. The maximum absolute atomic E-state index is 5.50. The average Bonchev–Trinajstić information content (AvgIpc) is 2.29. The molecule has 0 fully saturated rings. The Morgan fingerprint density at radius 1 is 1.31 bits per heavy atom. The van der Waals surface area contributed by atoms with Gasteiger partial charge in [0.2, 0.25) is 0 Å². The Labute approximate surface area is 107 Å². The fraction of sp³-hybridized carbons (Fsp3) is 0.429. The van der Waals surface area contributed by atoms with Gasteiger partial charge in [-0.2, -0.15) is 0 Å². The highest BCUT2D eigenvalue weighted by atomic mass is 79.9. The number of alkyl halides is 1. The van der Waals surface area contributed by atoms with Crippen molar-refractivity contribution in [2.45, 2.75) is 24.6 Å². The normalized spacial score (nSPS) is 13.1. The fourth-order valence-electron chi connectivity index (χ4n) is 1.37. The monoisotopic (exact) mass is 282 g/mol. The van der Waals surface area contributed by atoms with Gasteiger partial charge in [-0.3, -0.25) is 0 Å². The van der Waals surface area contributed by atoms with Crippen LogP contribution < -0.4 is 0 Å². The van der Waals surface area contributed by atoms with E-state index < -0.39 is 0 Å². The van der Waals surface area contributed by atoms with Crippen LogP contribution in [0.25, 0.3) is 6.08 Å². The molecule has 1 nitrogen and oxygen atoms in total. The molecule has 0 spiro atoms. The van der Waals surface area contributed by atoms with E-state index in [1.807, 2.05) is 18.2 Å². The van der Waals surface area contributed by atoms with Crippen LogP contribution in [0.5, 0.6) is 0 Å². The molecule has 1 aromatic carbocycles. The van der Waals surface area contributed by atoms with Gasteiger partial charge in [-0.25, -0.2) is 0 Å². The van der Waals surface area contributed by atoms with Crippen molar-refractivity contribution in [2.24, 2.45) is 0 Å². The van der Waals surface area contributed by atoms with E-state index in [0.717, 1.165) is 13.0 Å². The Morgan fingerprint density at radius 2 is 2.06 bits per heavy atom. The second-order valence-electron chi connectivity index (χ2n) is 3.81. The Hall–Kier alpha value is -0.600. The van der Waals surface area contributed by atoms with Crippen molar-refractivity contribution in [3.63, 3.8) is 0 Å². The first-order valence-corrected chi connectivity index (χ1v) is 6.64. The zero-order valence-corrected chi connectivity index (χ0v) is 11.3. The Kier molecular flexibility index (Phi) is 7.19. The molecule has 88 valence electrons. The lowest BCUT2D eigenvalue weighted by atomic mass is 10.2. The predicted molar refractivity (Wildman–Crippen MR) is 73.9 cm³/mol. The third-order valence-electron chi connectivity index (χ3n) is 2.21. The molecule has 0 aliphatic rings. The largest absolute Gasteiger partial charge is 0.377 e. The molecule has 1 unspecified atom stereocenters. The van der Waals surface area contributed by atoms with Gasteiger partial charge < -0.3 is 4.74 Å². The Bertz CT molecular complexity index is 293. The lowest BCUT2D eigenvalue weighted by Crippen LogP contribution is -1.97. The van der Waals surface area contributed by atoms with Gasteiger partial charge in [-0.05, 0) is 18.4 Å². The molecular weight excluding hydrogens is 264 g/mol. The van der Waals surface area contributed by atoms with Gasteiger partial charge in [0.1, 0.15) is 0 Å². The van der Waals surface area contributed by atoms with Crippen LogP contribution in [-0.4, -0.2) is 18.0 Å². The Morgan fingerprint density at radius 3 is 2.75 bits per heavy atom. The summed E-state index contributed by atoms with van der Waals surface area (Å²) in [6.45, 7) is 3.70. The van der Waals surface area contributed by atoms with Crippen LogP contribution >= 0.6 is 15.9 Å². The minimum Gasteiger partial charge on any atom is -0.377 e. The van der Waals surface area contributed by atoms with Crippen LogP contribution in [0.4, 0.5) is 0 Å². The van der Waals surface area contributed by atoms with E-state index in [4.69, 9.17) is 4.74 Å². The van der Waals surface area contributed by atoms with Gasteiger partial charge in [0, 0.05) is 11.4 Å². The molecular formula is C14H19BrO. The molecule has 0 bridgehead atoms. The molecule has 2 heteroatoms. The molecule has 16 heavy (non-hydrogen) atoms. The maximum Gasteiger partial charge on any atom is 0.0650 e. The number of ether oxygens (including phenoxy) is 1. The Balaban J connectivity index is 2.05. The average molecular weight is 283 g/mol. The molecule has 0 N–H and O–H groups in total. The summed E-state index contributed by atoms with van der Waals surface area (Å²) in [6.07, 6.45) is 6.44. The van der Waals surface area contributed by atoms with E-state index in [0.29, 0.717) is 11.4 Å². The summed E-state index contributed by atoms with van der Waals surface area (Å²) in [4.78, 5) is 0.593. The second kappa shape index (κ2) is 8.54. The van der Waals surface area contributed by atoms with E-state index >= 15 is 0 Å². The highest BCUT2D eigenvalue weighted by Crippen LogP contribution is 2.06. The molecule has 0 saturated carbocycles. The maximum atomic E-state index is 5.50. The third kappa shape index (κ3) is 6.81. The van der Waals surface area contributed by atoms with Crippen molar-refractivity contribution in [1.82, 2.24) is 0 Å². The van der Waals surface area contributed by atoms with Gasteiger partial charge in [-0.15, -0.1) is 0 Å². The van der Waals surface area contributed by atoms with Crippen LogP contribution in [0.15, 0.2) is 36.4 Å². The van der Waals surface area contributed by atoms with Gasteiger partial charge in [0.15, 0.2) is 0 Å². The van der Waals surface area contributed by atoms with Crippen molar-refractivity contribution in [1.29, 1.82) is 0 Å². The summed E-state index contributed by atoms with van der Waals surface area (Å²) >= 11 is 3.52. The van der Waals surface area contributed by atoms with Crippen LogP contribution in [0.3, 0.4) is 0 Å². The van der Waals surface area contributed by atoms with Gasteiger partial charge in [0.05, 0.1) is 6.61 Å². The predicted octanol–water partition coefficient (Wildman–Crippen LogP) is 4.28. The quantitative estimate of drug-likeness (QED) is 0.536.